The van der Waals surface area contributed by atoms with E-state index < -0.39 is 22.5 Å². The third kappa shape index (κ3) is 3.26. The molecule has 1 aromatic carbocycles. The highest BCUT2D eigenvalue weighted by atomic mass is 32.2. The fourth-order valence-corrected chi connectivity index (χ4v) is 3.13. The zero-order chi connectivity index (χ0) is 15.5. The maximum absolute atomic E-state index is 12.4. The molecule has 1 aliphatic heterocycles. The van der Waals surface area contributed by atoms with Gasteiger partial charge >= 0.3 is 5.97 Å². The van der Waals surface area contributed by atoms with Gasteiger partial charge in [0.15, 0.2) is 11.5 Å². The van der Waals surface area contributed by atoms with Crippen molar-refractivity contribution in [3.8, 4) is 23.8 Å². The zero-order valence-electron chi connectivity index (χ0n) is 11.0. The first kappa shape index (κ1) is 15.2. The van der Waals surface area contributed by atoms with Crippen molar-refractivity contribution >= 4 is 16.0 Å². The molecular weight excluding hydrogens is 298 g/mol. The van der Waals surface area contributed by atoms with Crippen LogP contribution in [0.15, 0.2) is 23.1 Å². The van der Waals surface area contributed by atoms with Crippen molar-refractivity contribution in [2.24, 2.45) is 0 Å². The molecular formula is C13H13NO6S. The highest BCUT2D eigenvalue weighted by molar-refractivity contribution is 7.89. The van der Waals surface area contributed by atoms with Gasteiger partial charge in [-0.25, -0.2) is 8.42 Å². The molecule has 0 saturated heterocycles. The van der Waals surface area contributed by atoms with Crippen molar-refractivity contribution in [1.82, 2.24) is 4.31 Å². The average Bonchev–Trinajstić information content (AvgIpc) is 2.46. The monoisotopic (exact) mass is 311 g/mol. The predicted molar refractivity (Wildman–Crippen MR) is 72.7 cm³/mol. The van der Waals surface area contributed by atoms with Gasteiger partial charge in [0.2, 0.25) is 10.0 Å². The molecule has 21 heavy (non-hydrogen) atoms. The Balaban J connectivity index is 2.37. The number of fused-ring (bicyclic) bond motifs is 1. The number of carboxylic acid groups (broad SMARTS) is 1. The van der Waals surface area contributed by atoms with Crippen LogP contribution in [-0.2, 0) is 14.8 Å². The predicted octanol–water partition coefficient (Wildman–Crippen LogP) is 0.166. The van der Waals surface area contributed by atoms with Crippen LogP contribution in [0.1, 0.15) is 0 Å². The van der Waals surface area contributed by atoms with Crippen LogP contribution in [-0.4, -0.2) is 50.1 Å². The second-order valence-corrected chi connectivity index (χ2v) is 6.11. The summed E-state index contributed by atoms with van der Waals surface area (Å²) in [5.41, 5.74) is 0. The molecule has 0 radical (unpaired) electrons. The quantitative estimate of drug-likeness (QED) is 0.779. The highest BCUT2D eigenvalue weighted by Gasteiger charge is 2.27. The van der Waals surface area contributed by atoms with Crippen molar-refractivity contribution in [2.45, 2.75) is 4.90 Å². The number of carbonyl (C=O) groups is 1. The lowest BCUT2D eigenvalue weighted by Crippen LogP contribution is -2.36. The van der Waals surface area contributed by atoms with Crippen molar-refractivity contribution in [3.05, 3.63) is 18.2 Å². The van der Waals surface area contributed by atoms with Gasteiger partial charge in [0.25, 0.3) is 0 Å². The van der Waals surface area contributed by atoms with Crippen molar-refractivity contribution < 1.29 is 27.8 Å². The molecule has 0 spiro atoms. The molecule has 1 aromatic rings. The minimum absolute atomic E-state index is 0.0942. The van der Waals surface area contributed by atoms with Gasteiger partial charge in [-0.3, -0.25) is 4.79 Å². The number of rotatable bonds is 5. The smallest absolute Gasteiger partial charge is 0.318 e. The third-order valence-electron chi connectivity index (χ3n) is 2.73. The maximum Gasteiger partial charge on any atom is 0.318 e. The number of carboxylic acids is 1. The van der Waals surface area contributed by atoms with Crippen LogP contribution in [0.2, 0.25) is 0 Å². The lowest BCUT2D eigenvalue weighted by Gasteiger charge is -2.21. The maximum atomic E-state index is 12.4. The number of hydrogen-bond acceptors (Lipinski definition) is 5. The Bertz CT molecular complexity index is 691. The van der Waals surface area contributed by atoms with Crippen LogP contribution in [0.25, 0.3) is 0 Å². The van der Waals surface area contributed by atoms with Crippen LogP contribution in [0, 0.1) is 12.3 Å². The molecule has 7 nitrogen and oxygen atoms in total. The molecule has 1 N–H and O–H groups in total. The van der Waals surface area contributed by atoms with Gasteiger partial charge in [0.05, 0.1) is 11.4 Å². The Morgan fingerprint density at radius 3 is 2.62 bits per heavy atom. The van der Waals surface area contributed by atoms with E-state index in [0.717, 1.165) is 0 Å². The zero-order valence-corrected chi connectivity index (χ0v) is 11.8. The molecule has 0 atom stereocenters. The molecule has 2 rings (SSSR count). The average molecular weight is 311 g/mol. The minimum atomic E-state index is -4.02. The van der Waals surface area contributed by atoms with Crippen LogP contribution < -0.4 is 9.47 Å². The first-order valence-corrected chi connectivity index (χ1v) is 7.44. The van der Waals surface area contributed by atoms with Crippen LogP contribution in [0.5, 0.6) is 11.5 Å². The second-order valence-electron chi connectivity index (χ2n) is 4.18. The first-order chi connectivity index (χ1) is 9.95. The molecule has 0 saturated carbocycles. The SMILES string of the molecule is C#CCN(CC(=O)O)S(=O)(=O)c1ccc2c(c1)OCCO2. The number of hydrogen-bond donors (Lipinski definition) is 1. The van der Waals surface area contributed by atoms with Crippen LogP contribution in [0.4, 0.5) is 0 Å². The summed E-state index contributed by atoms with van der Waals surface area (Å²) in [6, 6.07) is 4.10. The minimum Gasteiger partial charge on any atom is -0.486 e. The van der Waals surface area contributed by atoms with Gasteiger partial charge in [-0.15, -0.1) is 6.42 Å². The fraction of sp³-hybridized carbons (Fsp3) is 0.308. The van der Waals surface area contributed by atoms with Gasteiger partial charge < -0.3 is 14.6 Å². The third-order valence-corrected chi connectivity index (χ3v) is 4.52. The Hall–Kier alpha value is -2.24. The van der Waals surface area contributed by atoms with E-state index in [-0.39, 0.29) is 11.4 Å². The van der Waals surface area contributed by atoms with Crippen LogP contribution >= 0.6 is 0 Å². The van der Waals surface area contributed by atoms with E-state index in [4.69, 9.17) is 21.0 Å². The summed E-state index contributed by atoms with van der Waals surface area (Å²) in [6.45, 7) is -0.328. The number of ether oxygens (including phenoxy) is 2. The van der Waals surface area contributed by atoms with Crippen LogP contribution in [0.3, 0.4) is 0 Å². The summed E-state index contributed by atoms with van der Waals surface area (Å²) >= 11 is 0. The molecule has 0 aliphatic carbocycles. The van der Waals surface area contributed by atoms with Gasteiger partial charge in [-0.1, -0.05) is 5.92 Å². The van der Waals surface area contributed by atoms with Crippen molar-refractivity contribution in [3.63, 3.8) is 0 Å². The molecule has 0 aromatic heterocycles. The molecule has 0 amide bonds. The standard InChI is InChI=1S/C13H13NO6S/c1-2-5-14(9-13(15)16)21(17,18)10-3-4-11-12(8-10)20-7-6-19-11/h1,3-4,8H,5-7,9H2,(H,15,16). The highest BCUT2D eigenvalue weighted by Crippen LogP contribution is 2.33. The van der Waals surface area contributed by atoms with E-state index >= 15 is 0 Å². The molecule has 0 bridgehead atoms. The number of sulfonamides is 1. The number of nitrogens with zero attached hydrogens (tertiary/aromatic N) is 1. The lowest BCUT2D eigenvalue weighted by molar-refractivity contribution is -0.137. The Kier molecular flexibility index (Phi) is 4.35. The number of terminal acetylenes is 1. The van der Waals surface area contributed by atoms with E-state index in [9.17, 15) is 13.2 Å². The Morgan fingerprint density at radius 1 is 1.33 bits per heavy atom. The van der Waals surface area contributed by atoms with Crippen molar-refractivity contribution in [1.29, 1.82) is 0 Å². The topological polar surface area (TPSA) is 93.1 Å². The van der Waals surface area contributed by atoms with E-state index in [0.29, 0.717) is 29.0 Å². The lowest BCUT2D eigenvalue weighted by atomic mass is 10.3. The molecule has 1 aliphatic rings. The van der Waals surface area contributed by atoms with Gasteiger partial charge in [0.1, 0.15) is 19.8 Å². The van der Waals surface area contributed by atoms with Gasteiger partial charge in [-0.05, 0) is 12.1 Å². The van der Waals surface area contributed by atoms with Gasteiger partial charge in [-0.2, -0.15) is 4.31 Å². The van der Waals surface area contributed by atoms with E-state index in [1.807, 2.05) is 0 Å². The van der Waals surface area contributed by atoms with Crippen molar-refractivity contribution in [2.75, 3.05) is 26.3 Å². The normalized spacial score (nSPS) is 13.7. The molecule has 0 unspecified atom stereocenters. The summed E-state index contributed by atoms with van der Waals surface area (Å²) < 4.78 is 36.2. The van der Waals surface area contributed by atoms with E-state index in [1.165, 1.54) is 18.2 Å². The largest absolute Gasteiger partial charge is 0.486 e. The van der Waals surface area contributed by atoms with E-state index in [2.05, 4.69) is 5.92 Å². The summed E-state index contributed by atoms with van der Waals surface area (Å²) in [5.74, 6) is 1.60. The van der Waals surface area contributed by atoms with Gasteiger partial charge in [0, 0.05) is 6.07 Å². The fourth-order valence-electron chi connectivity index (χ4n) is 1.81. The second kappa shape index (κ2) is 6.03. The summed E-state index contributed by atoms with van der Waals surface area (Å²) in [5, 5.41) is 8.79. The summed E-state index contributed by atoms with van der Waals surface area (Å²) in [4.78, 5) is 10.7. The molecule has 112 valence electrons. The number of aliphatic carboxylic acids is 1. The Labute approximate surface area is 122 Å². The van der Waals surface area contributed by atoms with E-state index in [1.54, 1.807) is 0 Å². The first-order valence-electron chi connectivity index (χ1n) is 6.00. The number of benzene rings is 1. The Morgan fingerprint density at radius 2 is 2.00 bits per heavy atom. The summed E-state index contributed by atoms with van der Waals surface area (Å²) in [7, 11) is -4.02. The molecule has 8 heteroatoms. The molecule has 0 fully saturated rings. The molecule has 1 heterocycles. The summed E-state index contributed by atoms with van der Waals surface area (Å²) in [6.07, 6.45) is 5.10.